The van der Waals surface area contributed by atoms with Gasteiger partial charge in [0.05, 0.1) is 5.56 Å². The fourth-order valence-electron chi connectivity index (χ4n) is 2.67. The number of nitrogens with zero attached hydrogens (tertiary/aromatic N) is 1. The van der Waals surface area contributed by atoms with Crippen molar-refractivity contribution in [3.63, 3.8) is 0 Å². The molecule has 1 aromatic carbocycles. The van der Waals surface area contributed by atoms with E-state index in [2.05, 4.69) is 4.90 Å². The number of rotatable bonds is 5. The molecule has 1 unspecified atom stereocenters. The van der Waals surface area contributed by atoms with E-state index in [9.17, 15) is 13.2 Å². The van der Waals surface area contributed by atoms with E-state index in [1.54, 1.807) is 13.2 Å². The summed E-state index contributed by atoms with van der Waals surface area (Å²) in [6.07, 6.45) is -3.47. The van der Waals surface area contributed by atoms with Crippen LogP contribution in [-0.4, -0.2) is 31.7 Å². The highest BCUT2D eigenvalue weighted by Gasteiger charge is 2.35. The molecule has 0 fully saturated rings. The summed E-state index contributed by atoms with van der Waals surface area (Å²) in [6, 6.07) is 3.81. The van der Waals surface area contributed by atoms with Gasteiger partial charge >= 0.3 is 6.18 Å². The van der Waals surface area contributed by atoms with E-state index >= 15 is 0 Å². The lowest BCUT2D eigenvalue weighted by molar-refractivity contribution is -0.137. The molecule has 0 aliphatic carbocycles. The van der Waals surface area contributed by atoms with Gasteiger partial charge < -0.3 is 10.5 Å². The van der Waals surface area contributed by atoms with Gasteiger partial charge in [-0.2, -0.15) is 13.2 Å². The van der Waals surface area contributed by atoms with E-state index in [4.69, 9.17) is 10.5 Å². The Morgan fingerprint density at radius 3 is 2.75 bits per heavy atom. The summed E-state index contributed by atoms with van der Waals surface area (Å²) in [5.74, 6) is 0. The van der Waals surface area contributed by atoms with Crippen LogP contribution in [0.3, 0.4) is 0 Å². The number of methoxy groups -OCH3 is 1. The Balaban J connectivity index is 2.18. The average Bonchev–Trinajstić information content (AvgIpc) is 2.74. The zero-order valence-electron chi connectivity index (χ0n) is 11.4. The van der Waals surface area contributed by atoms with Crippen molar-refractivity contribution in [3.05, 3.63) is 34.9 Å². The molecule has 6 heteroatoms. The normalized spacial score (nSPS) is 19.4. The number of hydrogen-bond donors (Lipinski definition) is 1. The molecule has 1 heterocycles. The first-order valence-electron chi connectivity index (χ1n) is 6.60. The molecule has 2 N–H and O–H groups in total. The molecule has 0 spiro atoms. The van der Waals surface area contributed by atoms with Crippen LogP contribution in [0, 0.1) is 0 Å². The zero-order chi connectivity index (χ0) is 14.8. The summed E-state index contributed by atoms with van der Waals surface area (Å²) in [7, 11) is 1.63. The van der Waals surface area contributed by atoms with Gasteiger partial charge in [0.1, 0.15) is 0 Å². The Kier molecular flexibility index (Phi) is 4.67. The third-order valence-electron chi connectivity index (χ3n) is 3.66. The zero-order valence-corrected chi connectivity index (χ0v) is 11.4. The predicted octanol–water partition coefficient (Wildman–Crippen LogP) is 2.56. The Morgan fingerprint density at radius 1 is 1.40 bits per heavy atom. The summed E-state index contributed by atoms with van der Waals surface area (Å²) in [5.41, 5.74) is 6.79. The van der Waals surface area contributed by atoms with E-state index in [-0.39, 0.29) is 6.04 Å². The van der Waals surface area contributed by atoms with E-state index in [1.165, 1.54) is 6.07 Å². The van der Waals surface area contributed by atoms with E-state index < -0.39 is 11.7 Å². The van der Waals surface area contributed by atoms with E-state index in [0.717, 1.165) is 24.6 Å². The maximum Gasteiger partial charge on any atom is 0.416 e. The minimum Gasteiger partial charge on any atom is -0.385 e. The lowest BCUT2D eigenvalue weighted by atomic mass is 10.0. The number of halogens is 3. The molecule has 3 nitrogen and oxygen atoms in total. The summed E-state index contributed by atoms with van der Waals surface area (Å²) in [4.78, 5) is 2.11. The number of ether oxygens (including phenoxy) is 1. The summed E-state index contributed by atoms with van der Waals surface area (Å²) in [5, 5.41) is 0. The van der Waals surface area contributed by atoms with Crippen molar-refractivity contribution in [3.8, 4) is 0 Å². The summed E-state index contributed by atoms with van der Waals surface area (Å²) < 4.78 is 43.3. The van der Waals surface area contributed by atoms with Gasteiger partial charge in [-0.25, -0.2) is 0 Å². The van der Waals surface area contributed by atoms with Crippen molar-refractivity contribution in [2.75, 3.05) is 26.8 Å². The first kappa shape index (κ1) is 15.3. The molecule has 1 atom stereocenters. The molecule has 0 radical (unpaired) electrons. The van der Waals surface area contributed by atoms with Gasteiger partial charge in [0.25, 0.3) is 0 Å². The number of hydrogen-bond acceptors (Lipinski definition) is 3. The fourth-order valence-corrected chi connectivity index (χ4v) is 2.67. The Morgan fingerprint density at radius 2 is 2.15 bits per heavy atom. The van der Waals surface area contributed by atoms with Crippen molar-refractivity contribution in [1.82, 2.24) is 4.90 Å². The molecule has 112 valence electrons. The Hall–Kier alpha value is -1.11. The Labute approximate surface area is 116 Å². The first-order chi connectivity index (χ1) is 9.47. The molecule has 0 amide bonds. The van der Waals surface area contributed by atoms with Crippen molar-refractivity contribution in [2.45, 2.75) is 25.2 Å². The van der Waals surface area contributed by atoms with Crippen LogP contribution in [0.4, 0.5) is 13.2 Å². The topological polar surface area (TPSA) is 38.5 Å². The standard InChI is InChI=1S/C14H19F3N2O/c1-20-6-2-5-19-9-10-3-4-11(14(15,16)17)7-12(10)13(19)8-18/h3-4,7,13H,2,5-6,8-9,18H2,1H3. The number of nitrogens with two attached hydrogens (primary N) is 1. The van der Waals surface area contributed by atoms with Crippen molar-refractivity contribution in [2.24, 2.45) is 5.73 Å². The van der Waals surface area contributed by atoms with Crippen LogP contribution in [0.25, 0.3) is 0 Å². The Bertz CT molecular complexity index is 462. The maximum atomic E-state index is 12.8. The van der Waals surface area contributed by atoms with Gasteiger partial charge in [-0.1, -0.05) is 6.07 Å². The lowest BCUT2D eigenvalue weighted by Gasteiger charge is -2.23. The average molecular weight is 288 g/mol. The highest BCUT2D eigenvalue weighted by atomic mass is 19.4. The second-order valence-electron chi connectivity index (χ2n) is 4.98. The monoisotopic (exact) mass is 288 g/mol. The van der Waals surface area contributed by atoms with Gasteiger partial charge in [0, 0.05) is 39.4 Å². The van der Waals surface area contributed by atoms with Gasteiger partial charge in [0.2, 0.25) is 0 Å². The molecule has 20 heavy (non-hydrogen) atoms. The third-order valence-corrected chi connectivity index (χ3v) is 3.66. The van der Waals surface area contributed by atoms with Crippen LogP contribution in [-0.2, 0) is 17.5 Å². The molecule has 1 aliphatic heterocycles. The minimum atomic E-state index is -4.31. The van der Waals surface area contributed by atoms with Crippen molar-refractivity contribution in [1.29, 1.82) is 0 Å². The van der Waals surface area contributed by atoms with Crippen LogP contribution in [0.1, 0.15) is 29.2 Å². The number of alkyl halides is 3. The number of fused-ring (bicyclic) bond motifs is 1. The molecule has 0 bridgehead atoms. The lowest BCUT2D eigenvalue weighted by Crippen LogP contribution is -2.29. The van der Waals surface area contributed by atoms with Gasteiger partial charge in [-0.15, -0.1) is 0 Å². The van der Waals surface area contributed by atoms with Crippen LogP contribution >= 0.6 is 0 Å². The van der Waals surface area contributed by atoms with Crippen LogP contribution in [0.15, 0.2) is 18.2 Å². The van der Waals surface area contributed by atoms with E-state index in [1.807, 2.05) is 0 Å². The molecule has 1 aromatic rings. The number of benzene rings is 1. The van der Waals surface area contributed by atoms with Crippen molar-refractivity contribution < 1.29 is 17.9 Å². The smallest absolute Gasteiger partial charge is 0.385 e. The van der Waals surface area contributed by atoms with E-state index in [0.29, 0.717) is 25.3 Å². The SMILES string of the molecule is COCCCN1Cc2ccc(C(F)(F)F)cc2C1CN. The summed E-state index contributed by atoms with van der Waals surface area (Å²) in [6.45, 7) is 2.38. The van der Waals surface area contributed by atoms with Gasteiger partial charge in [-0.3, -0.25) is 4.90 Å². The molecular weight excluding hydrogens is 269 g/mol. The van der Waals surface area contributed by atoms with Crippen LogP contribution in [0.5, 0.6) is 0 Å². The molecule has 0 saturated heterocycles. The van der Waals surface area contributed by atoms with Gasteiger partial charge in [0.15, 0.2) is 0 Å². The second kappa shape index (κ2) is 6.11. The summed E-state index contributed by atoms with van der Waals surface area (Å²) >= 11 is 0. The van der Waals surface area contributed by atoms with Crippen LogP contribution < -0.4 is 5.73 Å². The minimum absolute atomic E-state index is 0.135. The molecule has 0 saturated carbocycles. The van der Waals surface area contributed by atoms with Crippen LogP contribution in [0.2, 0.25) is 0 Å². The van der Waals surface area contributed by atoms with Gasteiger partial charge in [-0.05, 0) is 29.7 Å². The highest BCUT2D eigenvalue weighted by Crippen LogP contribution is 2.37. The van der Waals surface area contributed by atoms with Crippen molar-refractivity contribution >= 4 is 0 Å². The first-order valence-corrected chi connectivity index (χ1v) is 6.60. The largest absolute Gasteiger partial charge is 0.416 e. The molecule has 1 aliphatic rings. The second-order valence-corrected chi connectivity index (χ2v) is 4.98. The third kappa shape index (κ3) is 3.13. The maximum absolute atomic E-state index is 12.8. The highest BCUT2D eigenvalue weighted by molar-refractivity contribution is 5.39. The molecule has 2 rings (SSSR count). The molecule has 0 aromatic heterocycles. The fraction of sp³-hybridized carbons (Fsp3) is 0.571. The molecular formula is C14H19F3N2O. The predicted molar refractivity (Wildman–Crippen MR) is 70.1 cm³/mol. The quantitative estimate of drug-likeness (QED) is 0.846.